The minimum absolute atomic E-state index is 0.176. The molecule has 0 amide bonds. The molecular formula is C14H16N6. The molecule has 0 fully saturated rings. The summed E-state index contributed by atoms with van der Waals surface area (Å²) in [6.45, 7) is 2.82. The standard InChI is InChI=1S/C14H16N6/c1-2-20-13(18-9-19-20)8-11(15)10-4-3-5-12-14(10)17-7-6-16-12/h3-7,9,11H,2,8,15H2,1H3. The molecule has 0 bridgehead atoms. The lowest BCUT2D eigenvalue weighted by Crippen LogP contribution is -2.17. The fourth-order valence-corrected chi connectivity index (χ4v) is 2.33. The molecule has 0 radical (unpaired) electrons. The Bertz CT molecular complexity index is 715. The predicted octanol–water partition coefficient (Wildman–Crippen LogP) is 1.48. The summed E-state index contributed by atoms with van der Waals surface area (Å²) in [5, 5.41) is 4.17. The Kier molecular flexibility index (Phi) is 3.39. The third-order valence-electron chi connectivity index (χ3n) is 3.33. The lowest BCUT2D eigenvalue weighted by molar-refractivity contribution is 0.582. The van der Waals surface area contributed by atoms with Crippen LogP contribution in [-0.4, -0.2) is 24.7 Å². The molecule has 1 unspecified atom stereocenters. The van der Waals surface area contributed by atoms with Crippen LogP contribution >= 0.6 is 0 Å². The SMILES string of the molecule is CCn1ncnc1CC(N)c1cccc2nccnc12. The molecule has 0 saturated carbocycles. The van der Waals surface area contributed by atoms with Crippen molar-refractivity contribution in [2.75, 3.05) is 0 Å². The van der Waals surface area contributed by atoms with Gasteiger partial charge in [-0.25, -0.2) is 4.98 Å². The van der Waals surface area contributed by atoms with Gasteiger partial charge in [0.15, 0.2) is 0 Å². The molecular weight excluding hydrogens is 252 g/mol. The molecule has 0 aliphatic rings. The zero-order valence-corrected chi connectivity index (χ0v) is 11.3. The van der Waals surface area contributed by atoms with Gasteiger partial charge in [-0.3, -0.25) is 14.6 Å². The highest BCUT2D eigenvalue weighted by molar-refractivity contribution is 5.78. The van der Waals surface area contributed by atoms with E-state index in [1.165, 1.54) is 0 Å². The predicted molar refractivity (Wildman–Crippen MR) is 75.9 cm³/mol. The van der Waals surface area contributed by atoms with E-state index in [1.54, 1.807) is 18.7 Å². The lowest BCUT2D eigenvalue weighted by atomic mass is 10.0. The van der Waals surface area contributed by atoms with E-state index in [0.717, 1.165) is 29.0 Å². The van der Waals surface area contributed by atoms with E-state index in [1.807, 2.05) is 29.8 Å². The maximum absolute atomic E-state index is 6.33. The fraction of sp³-hybridized carbons (Fsp3) is 0.286. The summed E-state index contributed by atoms with van der Waals surface area (Å²) in [4.78, 5) is 13.0. The van der Waals surface area contributed by atoms with Gasteiger partial charge < -0.3 is 5.73 Å². The average molecular weight is 268 g/mol. The molecule has 2 aromatic heterocycles. The van der Waals surface area contributed by atoms with Crippen molar-refractivity contribution in [3.63, 3.8) is 0 Å². The van der Waals surface area contributed by atoms with Crippen LogP contribution in [0, 0.1) is 0 Å². The summed E-state index contributed by atoms with van der Waals surface area (Å²) in [6.07, 6.45) is 5.57. The van der Waals surface area contributed by atoms with Gasteiger partial charge in [-0.1, -0.05) is 12.1 Å². The van der Waals surface area contributed by atoms with E-state index in [0.29, 0.717) is 6.42 Å². The second-order valence-electron chi connectivity index (χ2n) is 4.57. The first-order chi connectivity index (χ1) is 9.79. The molecule has 2 heterocycles. The lowest BCUT2D eigenvalue weighted by Gasteiger charge is -2.13. The molecule has 6 heteroatoms. The second kappa shape index (κ2) is 5.34. The quantitative estimate of drug-likeness (QED) is 0.775. The van der Waals surface area contributed by atoms with Crippen LogP contribution in [0.5, 0.6) is 0 Å². The first-order valence-corrected chi connectivity index (χ1v) is 6.61. The number of rotatable bonds is 4. The Hall–Kier alpha value is -2.34. The van der Waals surface area contributed by atoms with E-state index >= 15 is 0 Å². The number of hydrogen-bond donors (Lipinski definition) is 1. The normalized spacial score (nSPS) is 12.7. The maximum atomic E-state index is 6.33. The van der Waals surface area contributed by atoms with Gasteiger partial charge in [0.2, 0.25) is 0 Å². The first kappa shape index (κ1) is 12.7. The monoisotopic (exact) mass is 268 g/mol. The summed E-state index contributed by atoms with van der Waals surface area (Å²) in [5.41, 5.74) is 9.02. The van der Waals surface area contributed by atoms with Gasteiger partial charge in [0, 0.05) is 31.4 Å². The van der Waals surface area contributed by atoms with Gasteiger partial charge in [-0.2, -0.15) is 5.10 Å². The molecule has 0 saturated heterocycles. The molecule has 102 valence electrons. The molecule has 2 N–H and O–H groups in total. The number of nitrogens with zero attached hydrogens (tertiary/aromatic N) is 5. The van der Waals surface area contributed by atoms with E-state index in [-0.39, 0.29) is 6.04 Å². The molecule has 1 aromatic carbocycles. The van der Waals surface area contributed by atoms with Crippen LogP contribution in [0.1, 0.15) is 24.4 Å². The van der Waals surface area contributed by atoms with Gasteiger partial charge >= 0.3 is 0 Å². The van der Waals surface area contributed by atoms with Crippen molar-refractivity contribution < 1.29 is 0 Å². The molecule has 1 atom stereocenters. The van der Waals surface area contributed by atoms with E-state index < -0.39 is 0 Å². The van der Waals surface area contributed by atoms with Crippen LogP contribution in [-0.2, 0) is 13.0 Å². The van der Waals surface area contributed by atoms with Crippen LogP contribution in [0.4, 0.5) is 0 Å². The van der Waals surface area contributed by atoms with Gasteiger partial charge in [0.1, 0.15) is 12.2 Å². The number of benzene rings is 1. The number of fused-ring (bicyclic) bond motifs is 1. The van der Waals surface area contributed by atoms with Gasteiger partial charge in [-0.15, -0.1) is 0 Å². The van der Waals surface area contributed by atoms with Crippen LogP contribution < -0.4 is 5.73 Å². The largest absolute Gasteiger partial charge is 0.324 e. The molecule has 3 rings (SSSR count). The summed E-state index contributed by atoms with van der Waals surface area (Å²) in [5.74, 6) is 0.890. The Morgan fingerprint density at radius 2 is 2.05 bits per heavy atom. The van der Waals surface area contributed by atoms with Crippen molar-refractivity contribution >= 4 is 11.0 Å². The zero-order chi connectivity index (χ0) is 13.9. The number of hydrogen-bond acceptors (Lipinski definition) is 5. The Morgan fingerprint density at radius 3 is 2.90 bits per heavy atom. The van der Waals surface area contributed by atoms with Crippen LogP contribution in [0.2, 0.25) is 0 Å². The van der Waals surface area contributed by atoms with Crippen LogP contribution in [0.3, 0.4) is 0 Å². The van der Waals surface area contributed by atoms with Crippen molar-refractivity contribution in [3.8, 4) is 0 Å². The van der Waals surface area contributed by atoms with Crippen molar-refractivity contribution in [2.24, 2.45) is 5.73 Å². The van der Waals surface area contributed by atoms with Gasteiger partial charge in [0.25, 0.3) is 0 Å². The van der Waals surface area contributed by atoms with Gasteiger partial charge in [0.05, 0.1) is 11.0 Å². The third-order valence-corrected chi connectivity index (χ3v) is 3.33. The third kappa shape index (κ3) is 2.25. The minimum atomic E-state index is -0.176. The summed E-state index contributed by atoms with van der Waals surface area (Å²) in [7, 11) is 0. The molecule has 6 nitrogen and oxygen atoms in total. The van der Waals surface area contributed by atoms with Crippen molar-refractivity contribution in [1.82, 2.24) is 24.7 Å². The molecule has 0 aliphatic heterocycles. The van der Waals surface area contributed by atoms with Crippen molar-refractivity contribution in [2.45, 2.75) is 25.9 Å². The minimum Gasteiger partial charge on any atom is -0.324 e. The number of nitrogens with two attached hydrogens (primary N) is 1. The highest BCUT2D eigenvalue weighted by atomic mass is 15.3. The Balaban J connectivity index is 1.95. The number of aryl methyl sites for hydroxylation is 1. The molecule has 3 aromatic rings. The molecule has 0 spiro atoms. The van der Waals surface area contributed by atoms with Crippen LogP contribution in [0.25, 0.3) is 11.0 Å². The van der Waals surface area contributed by atoms with Crippen molar-refractivity contribution in [1.29, 1.82) is 0 Å². The second-order valence-corrected chi connectivity index (χ2v) is 4.57. The Morgan fingerprint density at radius 1 is 1.20 bits per heavy atom. The zero-order valence-electron chi connectivity index (χ0n) is 11.3. The molecule has 0 aliphatic carbocycles. The number of para-hydroxylation sites is 1. The summed E-state index contributed by atoms with van der Waals surface area (Å²) >= 11 is 0. The Labute approximate surface area is 116 Å². The molecule has 20 heavy (non-hydrogen) atoms. The summed E-state index contributed by atoms with van der Waals surface area (Å²) < 4.78 is 1.86. The maximum Gasteiger partial charge on any atom is 0.138 e. The van der Waals surface area contributed by atoms with Crippen LogP contribution in [0.15, 0.2) is 36.9 Å². The topological polar surface area (TPSA) is 82.5 Å². The fourth-order valence-electron chi connectivity index (χ4n) is 2.33. The van der Waals surface area contributed by atoms with E-state index in [9.17, 15) is 0 Å². The number of aromatic nitrogens is 5. The highest BCUT2D eigenvalue weighted by Crippen LogP contribution is 2.21. The highest BCUT2D eigenvalue weighted by Gasteiger charge is 2.14. The van der Waals surface area contributed by atoms with Crippen molar-refractivity contribution in [3.05, 3.63) is 48.3 Å². The first-order valence-electron chi connectivity index (χ1n) is 6.61. The van der Waals surface area contributed by atoms with Gasteiger partial charge in [-0.05, 0) is 18.6 Å². The average Bonchev–Trinajstić information content (AvgIpc) is 2.93. The van der Waals surface area contributed by atoms with E-state index in [2.05, 4.69) is 20.1 Å². The summed E-state index contributed by atoms with van der Waals surface area (Å²) in [6, 6.07) is 5.71. The smallest absolute Gasteiger partial charge is 0.138 e. The van der Waals surface area contributed by atoms with E-state index in [4.69, 9.17) is 5.73 Å².